The number of benzene rings is 3. The van der Waals surface area contributed by atoms with Crippen molar-refractivity contribution >= 4 is 29.4 Å². The van der Waals surface area contributed by atoms with Crippen molar-refractivity contribution in [3.63, 3.8) is 0 Å². The molecule has 3 aliphatic rings. The molecule has 39 heavy (non-hydrogen) atoms. The SMILES string of the molecule is C[C@H](NC(=O)COC(=O)c1cccc(N2C(=O)[C@@H]3[C@@H]4C[C@@H]([C@@H]3C2=O)[C@@H](c2ccccc2)C4)c1)c1ccccc1. The van der Waals surface area contributed by atoms with Gasteiger partial charge in [0, 0.05) is 0 Å². The summed E-state index contributed by atoms with van der Waals surface area (Å²) >= 11 is 0. The first-order valence-corrected chi connectivity index (χ1v) is 13.5. The topological polar surface area (TPSA) is 92.8 Å². The van der Waals surface area contributed by atoms with Gasteiger partial charge in [-0.2, -0.15) is 0 Å². The number of esters is 1. The third-order valence-electron chi connectivity index (χ3n) is 8.59. The lowest BCUT2D eigenvalue weighted by Gasteiger charge is -2.28. The fourth-order valence-electron chi connectivity index (χ4n) is 6.89. The number of imide groups is 1. The van der Waals surface area contributed by atoms with Crippen LogP contribution in [-0.4, -0.2) is 30.3 Å². The number of anilines is 1. The van der Waals surface area contributed by atoms with Gasteiger partial charge >= 0.3 is 5.97 Å². The van der Waals surface area contributed by atoms with E-state index in [2.05, 4.69) is 17.4 Å². The van der Waals surface area contributed by atoms with Crippen molar-refractivity contribution < 1.29 is 23.9 Å². The highest BCUT2D eigenvalue weighted by atomic mass is 16.5. The summed E-state index contributed by atoms with van der Waals surface area (Å²) in [6.45, 7) is 1.42. The van der Waals surface area contributed by atoms with Gasteiger partial charge < -0.3 is 10.1 Å². The summed E-state index contributed by atoms with van der Waals surface area (Å²) in [7, 11) is 0. The van der Waals surface area contributed by atoms with E-state index in [1.54, 1.807) is 18.2 Å². The van der Waals surface area contributed by atoms with Crippen LogP contribution in [0, 0.1) is 23.7 Å². The highest BCUT2D eigenvalue weighted by Crippen LogP contribution is 2.61. The molecular formula is C32H30N2O5. The average molecular weight is 523 g/mol. The number of hydrogen-bond acceptors (Lipinski definition) is 5. The van der Waals surface area contributed by atoms with Crippen molar-refractivity contribution in [3.8, 4) is 0 Å². The number of hydrogen-bond donors (Lipinski definition) is 1. The Kier molecular flexibility index (Phi) is 6.51. The molecule has 2 aliphatic carbocycles. The fourth-order valence-corrected chi connectivity index (χ4v) is 6.89. The van der Waals surface area contributed by atoms with Gasteiger partial charge in [-0.05, 0) is 66.8 Å². The molecule has 3 fully saturated rings. The molecule has 6 rings (SSSR count). The van der Waals surface area contributed by atoms with Crippen molar-refractivity contribution in [2.24, 2.45) is 23.7 Å². The standard InChI is InChI=1S/C32H30N2O5/c1-19(20-9-4-2-5-10-20)33-27(35)18-39-32(38)22-13-8-14-24(15-22)34-30(36)28-23-16-25(21-11-6-3-7-12-21)26(17-23)29(28)31(34)37/h2-15,19,23,25-26,28-29H,16-18H2,1H3,(H,33,35)/t19-,23-,25+,26+,28+,29-/m0/s1. The zero-order valence-electron chi connectivity index (χ0n) is 21.7. The third-order valence-corrected chi connectivity index (χ3v) is 8.59. The lowest BCUT2D eigenvalue weighted by atomic mass is 9.73. The molecular weight excluding hydrogens is 492 g/mol. The van der Waals surface area contributed by atoms with Crippen molar-refractivity contribution in [1.82, 2.24) is 5.32 Å². The summed E-state index contributed by atoms with van der Waals surface area (Å²) in [6, 6.07) is 25.8. The van der Waals surface area contributed by atoms with E-state index in [-0.39, 0.29) is 53.0 Å². The summed E-state index contributed by atoms with van der Waals surface area (Å²) in [5, 5.41) is 2.81. The van der Waals surface area contributed by atoms with Gasteiger partial charge in [-0.15, -0.1) is 0 Å². The maximum Gasteiger partial charge on any atom is 0.338 e. The van der Waals surface area contributed by atoms with Crippen LogP contribution < -0.4 is 10.2 Å². The van der Waals surface area contributed by atoms with Crippen LogP contribution in [-0.2, 0) is 19.1 Å². The number of nitrogens with zero attached hydrogens (tertiary/aromatic N) is 1. The summed E-state index contributed by atoms with van der Waals surface area (Å²) in [5.74, 6) is -1.47. The van der Waals surface area contributed by atoms with Crippen LogP contribution in [0.25, 0.3) is 0 Å². The Morgan fingerprint density at radius 3 is 2.33 bits per heavy atom. The van der Waals surface area contributed by atoms with E-state index in [0.29, 0.717) is 5.69 Å². The summed E-state index contributed by atoms with van der Waals surface area (Å²) in [4.78, 5) is 53.5. The van der Waals surface area contributed by atoms with E-state index in [4.69, 9.17) is 4.74 Å². The molecule has 7 heteroatoms. The minimum Gasteiger partial charge on any atom is -0.452 e. The smallest absolute Gasteiger partial charge is 0.338 e. The second-order valence-electron chi connectivity index (χ2n) is 10.8. The normalized spacial score (nSPS) is 25.9. The minimum absolute atomic E-state index is 0.147. The number of ether oxygens (including phenoxy) is 1. The number of fused-ring (bicyclic) bond motifs is 5. The molecule has 6 atom stereocenters. The number of carbonyl (C=O) groups excluding carboxylic acids is 4. The van der Waals surface area contributed by atoms with Crippen LogP contribution in [0.1, 0.15) is 53.2 Å². The second-order valence-corrected chi connectivity index (χ2v) is 10.8. The van der Waals surface area contributed by atoms with Gasteiger partial charge in [0.25, 0.3) is 5.91 Å². The highest BCUT2D eigenvalue weighted by Gasteiger charge is 2.64. The monoisotopic (exact) mass is 522 g/mol. The van der Waals surface area contributed by atoms with Crippen molar-refractivity contribution in [2.75, 3.05) is 11.5 Å². The number of carbonyl (C=O) groups is 4. The Morgan fingerprint density at radius 2 is 1.59 bits per heavy atom. The van der Waals surface area contributed by atoms with Crippen LogP contribution in [0.5, 0.6) is 0 Å². The van der Waals surface area contributed by atoms with Gasteiger partial charge in [0.2, 0.25) is 11.8 Å². The van der Waals surface area contributed by atoms with Crippen LogP contribution in [0.15, 0.2) is 84.9 Å². The van der Waals surface area contributed by atoms with E-state index in [9.17, 15) is 19.2 Å². The average Bonchev–Trinajstić information content (AvgIpc) is 3.63. The molecule has 0 spiro atoms. The van der Waals surface area contributed by atoms with Crippen LogP contribution >= 0.6 is 0 Å². The van der Waals surface area contributed by atoms with Gasteiger partial charge in [-0.3, -0.25) is 19.3 Å². The molecule has 3 aromatic rings. The maximum atomic E-state index is 13.6. The van der Waals surface area contributed by atoms with Crippen molar-refractivity contribution in [1.29, 1.82) is 0 Å². The van der Waals surface area contributed by atoms with Crippen LogP contribution in [0.3, 0.4) is 0 Å². The molecule has 0 radical (unpaired) electrons. The molecule has 0 aromatic heterocycles. The predicted molar refractivity (Wildman–Crippen MR) is 145 cm³/mol. The molecule has 2 bridgehead atoms. The molecule has 7 nitrogen and oxygen atoms in total. The zero-order valence-corrected chi connectivity index (χ0v) is 21.7. The van der Waals surface area contributed by atoms with Gasteiger partial charge in [0.1, 0.15) is 0 Å². The maximum absolute atomic E-state index is 13.6. The first-order chi connectivity index (χ1) is 18.9. The van der Waals surface area contributed by atoms with Gasteiger partial charge in [-0.25, -0.2) is 4.79 Å². The highest BCUT2D eigenvalue weighted by molar-refractivity contribution is 6.23. The molecule has 1 saturated heterocycles. The van der Waals surface area contributed by atoms with Crippen LogP contribution in [0.4, 0.5) is 5.69 Å². The number of rotatable bonds is 7. The van der Waals surface area contributed by atoms with Gasteiger partial charge in [-0.1, -0.05) is 66.7 Å². The summed E-state index contributed by atoms with van der Waals surface area (Å²) in [6.07, 6.45) is 1.82. The van der Waals surface area contributed by atoms with Crippen molar-refractivity contribution in [2.45, 2.75) is 31.7 Å². The molecule has 3 aromatic carbocycles. The molecule has 2 saturated carbocycles. The molecule has 3 amide bonds. The van der Waals surface area contributed by atoms with E-state index >= 15 is 0 Å². The molecule has 1 heterocycles. The lowest BCUT2D eigenvalue weighted by molar-refractivity contribution is -0.125. The summed E-state index contributed by atoms with van der Waals surface area (Å²) < 4.78 is 5.24. The first kappa shape index (κ1) is 25.0. The molecule has 1 aliphatic heterocycles. The Morgan fingerprint density at radius 1 is 0.897 bits per heavy atom. The Hall–Kier alpha value is -4.26. The quantitative estimate of drug-likeness (QED) is 0.360. The lowest BCUT2D eigenvalue weighted by Crippen LogP contribution is -2.33. The Labute approximate surface area is 227 Å². The fraction of sp³-hybridized carbons (Fsp3) is 0.312. The molecule has 0 unspecified atom stereocenters. The van der Waals surface area contributed by atoms with Gasteiger partial charge in [0.15, 0.2) is 6.61 Å². The Bertz CT molecular complexity index is 1420. The summed E-state index contributed by atoms with van der Waals surface area (Å²) in [5.41, 5.74) is 2.72. The van der Waals surface area contributed by atoms with E-state index in [0.717, 1.165) is 18.4 Å². The number of amides is 3. The van der Waals surface area contributed by atoms with E-state index in [1.807, 2.05) is 55.5 Å². The molecule has 1 N–H and O–H groups in total. The second kappa shape index (κ2) is 10.1. The van der Waals surface area contributed by atoms with Crippen molar-refractivity contribution in [3.05, 3.63) is 102 Å². The van der Waals surface area contributed by atoms with E-state index < -0.39 is 18.5 Å². The minimum atomic E-state index is -0.692. The zero-order chi connectivity index (χ0) is 27.1. The molecule has 198 valence electrons. The van der Waals surface area contributed by atoms with E-state index in [1.165, 1.54) is 16.5 Å². The Balaban J connectivity index is 1.12. The predicted octanol–water partition coefficient (Wildman–Crippen LogP) is 4.65. The number of nitrogens with one attached hydrogen (secondary N) is 1. The first-order valence-electron chi connectivity index (χ1n) is 13.5. The van der Waals surface area contributed by atoms with Crippen LogP contribution in [0.2, 0.25) is 0 Å². The third kappa shape index (κ3) is 4.52. The largest absolute Gasteiger partial charge is 0.452 e. The van der Waals surface area contributed by atoms with Gasteiger partial charge in [0.05, 0.1) is 29.1 Å².